The predicted molar refractivity (Wildman–Crippen MR) is 120 cm³/mol. The number of rotatable bonds is 4. The van der Waals surface area contributed by atoms with Crippen LogP contribution >= 0.6 is 11.3 Å². The number of Topliss-reactive ketones (excluding diaryl/α,β-unsaturated/α-hetero) is 1. The standard InChI is InChI=1S/C24H22N2O4S/c1-12-8-9-17(10-13(12)2)26-20(16-6-5-7-18(27)11-16)19(22(29)24(26)30)21(28)23-14(3)25-15(4)31-23/h5-11,20,27,29H,1-4H3. The molecule has 3 aromatic rings. The number of thiazole rings is 1. The van der Waals surface area contributed by atoms with Crippen LogP contribution in [-0.2, 0) is 4.79 Å². The summed E-state index contributed by atoms with van der Waals surface area (Å²) in [5.74, 6) is -1.66. The number of aromatic hydroxyl groups is 1. The van der Waals surface area contributed by atoms with Crippen molar-refractivity contribution in [1.29, 1.82) is 0 Å². The Kier molecular flexibility index (Phi) is 5.15. The second-order valence-corrected chi connectivity index (χ2v) is 8.88. The Morgan fingerprint density at radius 1 is 1.03 bits per heavy atom. The number of hydrogen-bond donors (Lipinski definition) is 2. The summed E-state index contributed by atoms with van der Waals surface area (Å²) in [4.78, 5) is 32.8. The van der Waals surface area contributed by atoms with Crippen LogP contribution in [0.4, 0.5) is 5.69 Å². The van der Waals surface area contributed by atoms with Crippen LogP contribution in [-0.4, -0.2) is 26.9 Å². The molecule has 158 valence electrons. The number of phenolic OH excluding ortho intramolecular Hbond substituents is 1. The van der Waals surface area contributed by atoms with Gasteiger partial charge >= 0.3 is 0 Å². The quantitative estimate of drug-likeness (QED) is 0.572. The Hall–Kier alpha value is -3.45. The molecule has 1 aliphatic heterocycles. The molecule has 31 heavy (non-hydrogen) atoms. The molecule has 2 N–H and O–H groups in total. The summed E-state index contributed by atoms with van der Waals surface area (Å²) in [5.41, 5.74) is 3.67. The van der Waals surface area contributed by atoms with Gasteiger partial charge in [-0.3, -0.25) is 14.5 Å². The minimum atomic E-state index is -0.879. The smallest absolute Gasteiger partial charge is 0.294 e. The van der Waals surface area contributed by atoms with Crippen molar-refractivity contribution in [3.8, 4) is 5.75 Å². The summed E-state index contributed by atoms with van der Waals surface area (Å²) in [6.07, 6.45) is 0. The van der Waals surface area contributed by atoms with Gasteiger partial charge in [-0.05, 0) is 68.7 Å². The summed E-state index contributed by atoms with van der Waals surface area (Å²) in [5, 5.41) is 21.6. The topological polar surface area (TPSA) is 90.7 Å². The van der Waals surface area contributed by atoms with Crippen molar-refractivity contribution in [2.24, 2.45) is 0 Å². The van der Waals surface area contributed by atoms with Gasteiger partial charge in [-0.2, -0.15) is 0 Å². The lowest BCUT2D eigenvalue weighted by Gasteiger charge is -2.27. The van der Waals surface area contributed by atoms with Crippen molar-refractivity contribution in [2.75, 3.05) is 4.90 Å². The van der Waals surface area contributed by atoms with Crippen molar-refractivity contribution < 1.29 is 19.8 Å². The summed E-state index contributed by atoms with van der Waals surface area (Å²) < 4.78 is 0. The molecule has 0 aliphatic carbocycles. The maximum absolute atomic E-state index is 13.5. The number of nitrogens with zero attached hydrogens (tertiary/aromatic N) is 2. The Morgan fingerprint density at radius 2 is 1.77 bits per heavy atom. The third kappa shape index (κ3) is 3.51. The van der Waals surface area contributed by atoms with E-state index in [9.17, 15) is 19.8 Å². The minimum Gasteiger partial charge on any atom is -0.508 e. The first-order valence-electron chi connectivity index (χ1n) is 9.80. The lowest BCUT2D eigenvalue weighted by Crippen LogP contribution is -2.31. The molecule has 0 bridgehead atoms. The summed E-state index contributed by atoms with van der Waals surface area (Å²) in [7, 11) is 0. The number of anilines is 1. The number of hydrogen-bond acceptors (Lipinski definition) is 6. The average Bonchev–Trinajstić information content (AvgIpc) is 3.19. The molecule has 6 nitrogen and oxygen atoms in total. The maximum Gasteiger partial charge on any atom is 0.294 e. The van der Waals surface area contributed by atoms with E-state index in [2.05, 4.69) is 4.98 Å². The number of aliphatic hydroxyl groups is 1. The lowest BCUT2D eigenvalue weighted by atomic mass is 9.94. The van der Waals surface area contributed by atoms with Gasteiger partial charge in [-0.1, -0.05) is 18.2 Å². The SMILES string of the molecule is Cc1nc(C)c(C(=O)C2=C(O)C(=O)N(c3ccc(C)c(C)c3)C2c2cccc(O)c2)s1. The van der Waals surface area contributed by atoms with Crippen LogP contribution in [0.3, 0.4) is 0 Å². The van der Waals surface area contributed by atoms with Crippen molar-refractivity contribution in [1.82, 2.24) is 4.98 Å². The van der Waals surface area contributed by atoms with Gasteiger partial charge in [0.05, 0.1) is 27.2 Å². The zero-order valence-corrected chi connectivity index (χ0v) is 18.4. The molecule has 0 radical (unpaired) electrons. The van der Waals surface area contributed by atoms with Gasteiger partial charge in [0.25, 0.3) is 5.91 Å². The van der Waals surface area contributed by atoms with Crippen LogP contribution in [0.15, 0.2) is 53.8 Å². The van der Waals surface area contributed by atoms with Gasteiger partial charge in [0.15, 0.2) is 5.76 Å². The summed E-state index contributed by atoms with van der Waals surface area (Å²) >= 11 is 1.23. The van der Waals surface area contributed by atoms with E-state index in [0.29, 0.717) is 21.8 Å². The fourth-order valence-electron chi connectivity index (χ4n) is 3.85. The first-order valence-corrected chi connectivity index (χ1v) is 10.6. The molecule has 1 unspecified atom stereocenters. The molecule has 0 saturated heterocycles. The molecule has 0 saturated carbocycles. The van der Waals surface area contributed by atoms with Crippen LogP contribution in [0.1, 0.15) is 43.1 Å². The number of benzene rings is 2. The molecular formula is C24H22N2O4S. The summed E-state index contributed by atoms with van der Waals surface area (Å²) in [6.45, 7) is 7.44. The number of aromatic nitrogens is 1. The number of aliphatic hydroxyl groups excluding tert-OH is 1. The van der Waals surface area contributed by atoms with E-state index in [1.54, 1.807) is 32.0 Å². The second-order valence-electron chi connectivity index (χ2n) is 7.68. The Balaban J connectivity index is 1.92. The Morgan fingerprint density at radius 3 is 2.39 bits per heavy atom. The predicted octanol–water partition coefficient (Wildman–Crippen LogP) is 4.87. The van der Waals surface area contributed by atoms with E-state index >= 15 is 0 Å². The van der Waals surface area contributed by atoms with Crippen molar-refractivity contribution in [3.05, 3.63) is 86.1 Å². The third-order valence-corrected chi connectivity index (χ3v) is 6.59. The first-order chi connectivity index (χ1) is 14.7. The molecule has 1 aliphatic rings. The number of carbonyl (C=O) groups excluding carboxylic acids is 2. The molecule has 7 heteroatoms. The molecule has 1 aromatic heterocycles. The molecule has 2 heterocycles. The van der Waals surface area contributed by atoms with Crippen molar-refractivity contribution in [2.45, 2.75) is 33.7 Å². The van der Waals surface area contributed by atoms with Gasteiger partial charge in [0, 0.05) is 5.69 Å². The highest BCUT2D eigenvalue weighted by atomic mass is 32.1. The number of aryl methyl sites for hydroxylation is 4. The molecule has 0 spiro atoms. The zero-order chi connectivity index (χ0) is 22.4. The largest absolute Gasteiger partial charge is 0.508 e. The van der Waals surface area contributed by atoms with Gasteiger partial charge in [0.1, 0.15) is 5.75 Å². The van der Waals surface area contributed by atoms with E-state index in [1.165, 1.54) is 28.4 Å². The molecule has 0 fully saturated rings. The zero-order valence-electron chi connectivity index (χ0n) is 17.6. The van der Waals surface area contributed by atoms with Gasteiger partial charge in [-0.25, -0.2) is 4.98 Å². The number of carbonyl (C=O) groups is 2. The molecule has 2 aromatic carbocycles. The highest BCUT2D eigenvalue weighted by molar-refractivity contribution is 7.14. The Bertz CT molecular complexity index is 1260. The molecular weight excluding hydrogens is 412 g/mol. The maximum atomic E-state index is 13.5. The van der Waals surface area contributed by atoms with Gasteiger partial charge < -0.3 is 10.2 Å². The van der Waals surface area contributed by atoms with Crippen LogP contribution in [0.25, 0.3) is 0 Å². The Labute approximate surface area is 184 Å². The van der Waals surface area contributed by atoms with E-state index in [0.717, 1.165) is 16.1 Å². The van der Waals surface area contributed by atoms with E-state index in [-0.39, 0.29) is 11.3 Å². The van der Waals surface area contributed by atoms with Crippen LogP contribution in [0, 0.1) is 27.7 Å². The van der Waals surface area contributed by atoms with Gasteiger partial charge in [-0.15, -0.1) is 11.3 Å². The molecule has 4 rings (SSSR count). The molecule has 1 atom stereocenters. The molecule has 1 amide bonds. The fourth-order valence-corrected chi connectivity index (χ4v) is 4.73. The number of phenols is 1. The highest BCUT2D eigenvalue weighted by Gasteiger charge is 2.45. The summed E-state index contributed by atoms with van der Waals surface area (Å²) in [6, 6.07) is 11.0. The fraction of sp³-hybridized carbons (Fsp3) is 0.208. The van der Waals surface area contributed by atoms with E-state index in [1.807, 2.05) is 26.0 Å². The van der Waals surface area contributed by atoms with Crippen LogP contribution in [0.2, 0.25) is 0 Å². The van der Waals surface area contributed by atoms with Crippen LogP contribution in [0.5, 0.6) is 5.75 Å². The number of amides is 1. The van der Waals surface area contributed by atoms with Gasteiger partial charge in [0.2, 0.25) is 5.78 Å². The third-order valence-electron chi connectivity index (χ3n) is 5.52. The first kappa shape index (κ1) is 20.8. The normalized spacial score (nSPS) is 16.3. The highest BCUT2D eigenvalue weighted by Crippen LogP contribution is 2.43. The number of ketones is 1. The second kappa shape index (κ2) is 7.67. The van der Waals surface area contributed by atoms with Crippen LogP contribution < -0.4 is 4.90 Å². The monoisotopic (exact) mass is 434 g/mol. The lowest BCUT2D eigenvalue weighted by molar-refractivity contribution is -0.117. The minimum absolute atomic E-state index is 0.00740. The average molecular weight is 435 g/mol. The van der Waals surface area contributed by atoms with E-state index in [4.69, 9.17) is 0 Å². The van der Waals surface area contributed by atoms with E-state index < -0.39 is 23.5 Å². The van der Waals surface area contributed by atoms with Crippen molar-refractivity contribution in [3.63, 3.8) is 0 Å². The van der Waals surface area contributed by atoms with Crippen molar-refractivity contribution >= 4 is 28.7 Å².